The molecule has 0 fully saturated rings. The first-order valence-electron chi connectivity index (χ1n) is 5.88. The molecule has 0 unspecified atom stereocenters. The van der Waals surface area contributed by atoms with Crippen LogP contribution < -0.4 is 5.32 Å². The predicted octanol–water partition coefficient (Wildman–Crippen LogP) is 2.96. The van der Waals surface area contributed by atoms with Crippen LogP contribution in [0.1, 0.15) is 12.0 Å². The van der Waals surface area contributed by atoms with Gasteiger partial charge in [-0.2, -0.15) is 5.10 Å². The molecule has 0 saturated heterocycles. The number of nitrogens with one attached hydrogen (secondary N) is 1. The molecule has 1 heterocycles. The summed E-state index contributed by atoms with van der Waals surface area (Å²) in [5.41, 5.74) is 0.939. The fourth-order valence-corrected chi connectivity index (χ4v) is 2.11. The number of rotatable bonds is 6. The second-order valence-corrected chi connectivity index (χ2v) is 4.81. The average molecular weight is 312 g/mol. The summed E-state index contributed by atoms with van der Waals surface area (Å²) >= 11 is 3.25. The maximum absolute atomic E-state index is 13.3. The third kappa shape index (κ3) is 3.65. The Morgan fingerprint density at radius 1 is 1.33 bits per heavy atom. The number of hydrogen-bond donors (Lipinski definition) is 1. The summed E-state index contributed by atoms with van der Waals surface area (Å²) in [7, 11) is 0. The van der Waals surface area contributed by atoms with E-state index in [1.807, 2.05) is 23.0 Å². The minimum atomic E-state index is -0.217. The zero-order valence-corrected chi connectivity index (χ0v) is 11.5. The lowest BCUT2D eigenvalue weighted by Crippen LogP contribution is -2.17. The fourth-order valence-electron chi connectivity index (χ4n) is 1.71. The van der Waals surface area contributed by atoms with Crippen LogP contribution >= 0.6 is 15.9 Å². The number of benzene rings is 1. The molecule has 0 aliphatic heterocycles. The highest BCUT2D eigenvalue weighted by Crippen LogP contribution is 2.19. The maximum Gasteiger partial charge on any atom is 0.137 e. The van der Waals surface area contributed by atoms with Crippen LogP contribution in [-0.4, -0.2) is 16.3 Å². The van der Waals surface area contributed by atoms with Gasteiger partial charge in [0.2, 0.25) is 0 Å². The van der Waals surface area contributed by atoms with Gasteiger partial charge in [0.1, 0.15) is 5.82 Å². The molecule has 96 valence electrons. The van der Waals surface area contributed by atoms with E-state index in [-0.39, 0.29) is 5.82 Å². The molecule has 0 radical (unpaired) electrons. The van der Waals surface area contributed by atoms with Gasteiger partial charge in [-0.1, -0.05) is 12.1 Å². The van der Waals surface area contributed by atoms with Crippen LogP contribution in [0.15, 0.2) is 41.1 Å². The smallest absolute Gasteiger partial charge is 0.137 e. The molecule has 0 spiro atoms. The highest BCUT2D eigenvalue weighted by molar-refractivity contribution is 9.10. The van der Waals surface area contributed by atoms with Gasteiger partial charge in [-0.15, -0.1) is 0 Å². The number of nitrogens with zero attached hydrogens (tertiary/aromatic N) is 2. The van der Waals surface area contributed by atoms with Gasteiger partial charge in [-0.3, -0.25) is 4.68 Å². The Hall–Kier alpha value is -1.20. The van der Waals surface area contributed by atoms with Crippen molar-refractivity contribution < 1.29 is 4.39 Å². The number of halogens is 2. The maximum atomic E-state index is 13.3. The average Bonchev–Trinajstić information content (AvgIpc) is 2.87. The van der Waals surface area contributed by atoms with E-state index in [0.717, 1.165) is 25.1 Å². The van der Waals surface area contributed by atoms with Crippen molar-refractivity contribution in [2.45, 2.75) is 19.5 Å². The van der Waals surface area contributed by atoms with Crippen LogP contribution in [-0.2, 0) is 13.1 Å². The lowest BCUT2D eigenvalue weighted by atomic mass is 10.2. The zero-order chi connectivity index (χ0) is 12.8. The van der Waals surface area contributed by atoms with Crippen LogP contribution in [0.3, 0.4) is 0 Å². The molecule has 0 amide bonds. The Morgan fingerprint density at radius 2 is 2.22 bits per heavy atom. The van der Waals surface area contributed by atoms with Crippen LogP contribution in [0.2, 0.25) is 0 Å². The monoisotopic (exact) mass is 311 g/mol. The van der Waals surface area contributed by atoms with E-state index >= 15 is 0 Å². The van der Waals surface area contributed by atoms with Gasteiger partial charge < -0.3 is 5.32 Å². The summed E-state index contributed by atoms with van der Waals surface area (Å²) in [6.45, 7) is 2.44. The summed E-state index contributed by atoms with van der Waals surface area (Å²) in [5, 5.41) is 7.42. The molecule has 0 bridgehead atoms. The normalized spacial score (nSPS) is 10.8. The van der Waals surface area contributed by atoms with E-state index in [1.54, 1.807) is 12.3 Å². The first-order chi connectivity index (χ1) is 8.77. The van der Waals surface area contributed by atoms with Crippen molar-refractivity contribution in [3.8, 4) is 0 Å². The van der Waals surface area contributed by atoms with Crippen molar-refractivity contribution in [3.05, 3.63) is 52.5 Å². The van der Waals surface area contributed by atoms with Crippen molar-refractivity contribution in [2.75, 3.05) is 6.54 Å². The summed E-state index contributed by atoms with van der Waals surface area (Å²) in [6, 6.07) is 7.00. The van der Waals surface area contributed by atoms with Gasteiger partial charge in [0.15, 0.2) is 0 Å². The van der Waals surface area contributed by atoms with Gasteiger partial charge in [-0.05, 0) is 46.6 Å². The third-order valence-corrected chi connectivity index (χ3v) is 3.54. The summed E-state index contributed by atoms with van der Waals surface area (Å²) in [5.74, 6) is -0.217. The Bertz CT molecular complexity index is 485. The first-order valence-corrected chi connectivity index (χ1v) is 6.67. The molecular weight excluding hydrogens is 297 g/mol. The van der Waals surface area contributed by atoms with Crippen LogP contribution in [0, 0.1) is 5.82 Å². The Balaban J connectivity index is 1.70. The lowest BCUT2D eigenvalue weighted by molar-refractivity contribution is 0.541. The molecule has 1 aromatic carbocycles. The number of hydrogen-bond acceptors (Lipinski definition) is 2. The van der Waals surface area contributed by atoms with Crippen molar-refractivity contribution >= 4 is 15.9 Å². The SMILES string of the molecule is Fc1cccc(CNCCCn2cccn2)c1Br. The Labute approximate surface area is 114 Å². The number of aryl methyl sites for hydroxylation is 1. The summed E-state index contributed by atoms with van der Waals surface area (Å²) in [6.07, 6.45) is 4.72. The van der Waals surface area contributed by atoms with Crippen molar-refractivity contribution in [1.29, 1.82) is 0 Å². The standard InChI is InChI=1S/C13H15BrFN3/c14-13-11(4-1-5-12(13)15)10-16-6-2-8-18-9-3-7-17-18/h1,3-5,7,9,16H,2,6,8,10H2. The van der Waals surface area contributed by atoms with Crippen molar-refractivity contribution in [1.82, 2.24) is 15.1 Å². The highest BCUT2D eigenvalue weighted by Gasteiger charge is 2.03. The first kappa shape index (κ1) is 13.2. The summed E-state index contributed by atoms with van der Waals surface area (Å²) < 4.78 is 15.7. The molecule has 0 aliphatic carbocycles. The Kier molecular flexibility index (Phi) is 4.90. The molecule has 2 aromatic rings. The molecule has 5 heteroatoms. The van der Waals surface area contributed by atoms with Gasteiger partial charge >= 0.3 is 0 Å². The lowest BCUT2D eigenvalue weighted by Gasteiger charge is -2.07. The third-order valence-electron chi connectivity index (χ3n) is 2.65. The number of aromatic nitrogens is 2. The molecule has 18 heavy (non-hydrogen) atoms. The molecule has 2 rings (SSSR count). The van der Waals surface area contributed by atoms with Crippen LogP contribution in [0.4, 0.5) is 4.39 Å². The molecule has 3 nitrogen and oxygen atoms in total. The zero-order valence-electron chi connectivity index (χ0n) is 9.94. The second kappa shape index (κ2) is 6.66. The van der Waals surface area contributed by atoms with E-state index in [4.69, 9.17) is 0 Å². The predicted molar refractivity (Wildman–Crippen MR) is 72.7 cm³/mol. The molecule has 1 aromatic heterocycles. The topological polar surface area (TPSA) is 29.9 Å². The van der Waals surface area contributed by atoms with Gasteiger partial charge in [0.25, 0.3) is 0 Å². The van der Waals surface area contributed by atoms with Gasteiger partial charge in [0.05, 0.1) is 4.47 Å². The molecule has 0 saturated carbocycles. The van der Waals surface area contributed by atoms with Crippen molar-refractivity contribution in [2.24, 2.45) is 0 Å². The quantitative estimate of drug-likeness (QED) is 0.831. The van der Waals surface area contributed by atoms with E-state index in [0.29, 0.717) is 11.0 Å². The second-order valence-electron chi connectivity index (χ2n) is 4.01. The van der Waals surface area contributed by atoms with E-state index in [2.05, 4.69) is 26.3 Å². The molecule has 1 N–H and O–H groups in total. The van der Waals surface area contributed by atoms with Crippen LogP contribution in [0.5, 0.6) is 0 Å². The Morgan fingerprint density at radius 3 is 3.00 bits per heavy atom. The van der Waals surface area contributed by atoms with Gasteiger partial charge in [0, 0.05) is 25.5 Å². The minimum Gasteiger partial charge on any atom is -0.313 e. The highest BCUT2D eigenvalue weighted by atomic mass is 79.9. The molecule has 0 aliphatic rings. The van der Waals surface area contributed by atoms with Crippen molar-refractivity contribution in [3.63, 3.8) is 0 Å². The molecular formula is C13H15BrFN3. The molecule has 0 atom stereocenters. The fraction of sp³-hybridized carbons (Fsp3) is 0.308. The van der Waals surface area contributed by atoms with E-state index in [9.17, 15) is 4.39 Å². The van der Waals surface area contributed by atoms with Gasteiger partial charge in [-0.25, -0.2) is 4.39 Å². The van der Waals surface area contributed by atoms with Crippen LogP contribution in [0.25, 0.3) is 0 Å². The minimum absolute atomic E-state index is 0.217. The summed E-state index contributed by atoms with van der Waals surface area (Å²) in [4.78, 5) is 0. The largest absolute Gasteiger partial charge is 0.313 e. The van der Waals surface area contributed by atoms with E-state index in [1.165, 1.54) is 6.07 Å². The van der Waals surface area contributed by atoms with E-state index < -0.39 is 0 Å².